The van der Waals surface area contributed by atoms with Crippen molar-refractivity contribution in [1.82, 2.24) is 4.90 Å². The van der Waals surface area contributed by atoms with Gasteiger partial charge in [-0.25, -0.2) is 0 Å². The number of hydrogen-bond acceptors (Lipinski definition) is 7. The summed E-state index contributed by atoms with van der Waals surface area (Å²) < 4.78 is 16.2. The molecule has 148 valence electrons. The van der Waals surface area contributed by atoms with E-state index in [1.165, 1.54) is 0 Å². The van der Waals surface area contributed by atoms with E-state index in [1.807, 2.05) is 18.2 Å². The predicted octanol–water partition coefficient (Wildman–Crippen LogP) is 3.71. The Bertz CT molecular complexity index is 983. The van der Waals surface area contributed by atoms with Gasteiger partial charge < -0.3 is 14.2 Å². The molecule has 0 atom stereocenters. The van der Waals surface area contributed by atoms with E-state index in [-0.39, 0.29) is 25.0 Å². The Hall–Kier alpha value is -3.44. The highest BCUT2D eigenvalue weighted by Crippen LogP contribution is 2.34. The van der Waals surface area contributed by atoms with Crippen LogP contribution in [0.4, 0.5) is 4.79 Å². The van der Waals surface area contributed by atoms with Gasteiger partial charge in [0.05, 0.1) is 18.6 Å². The van der Waals surface area contributed by atoms with Crippen LogP contribution < -0.4 is 14.2 Å². The third-order valence-electron chi connectivity index (χ3n) is 4.01. The lowest BCUT2D eigenvalue weighted by molar-refractivity contribution is -0.123. The summed E-state index contributed by atoms with van der Waals surface area (Å²) >= 11 is 0.861. The zero-order valence-corrected chi connectivity index (χ0v) is 16.5. The lowest BCUT2D eigenvalue weighted by Crippen LogP contribution is -2.32. The minimum atomic E-state index is -0.390. The molecule has 1 fully saturated rings. The van der Waals surface area contributed by atoms with Crippen molar-refractivity contribution in [2.24, 2.45) is 0 Å². The minimum Gasteiger partial charge on any atom is -0.493 e. The standard InChI is InChI=1S/C21H18N2O5S/c1-26-17-8-4-5-9-18(17)28-13-11-23-20(24)19(29-21(23)25)14-15-6-2-3-7-16(15)27-12-10-22/h2-9,14H,11-13H2,1H3/b19-14-. The van der Waals surface area contributed by atoms with E-state index in [0.29, 0.717) is 27.7 Å². The van der Waals surface area contributed by atoms with Gasteiger partial charge in [0.15, 0.2) is 18.1 Å². The molecule has 1 aliphatic rings. The van der Waals surface area contributed by atoms with Crippen LogP contribution >= 0.6 is 11.8 Å². The van der Waals surface area contributed by atoms with Gasteiger partial charge in [-0.2, -0.15) is 5.26 Å². The second-order valence-corrected chi connectivity index (χ2v) is 6.81. The van der Waals surface area contributed by atoms with E-state index in [0.717, 1.165) is 16.7 Å². The molecule has 0 aromatic heterocycles. The van der Waals surface area contributed by atoms with E-state index < -0.39 is 5.91 Å². The lowest BCUT2D eigenvalue weighted by atomic mass is 10.2. The molecule has 0 saturated carbocycles. The first kappa shape index (κ1) is 20.3. The Balaban J connectivity index is 1.67. The summed E-state index contributed by atoms with van der Waals surface area (Å²) in [4.78, 5) is 26.4. The summed E-state index contributed by atoms with van der Waals surface area (Å²) in [6.45, 7) is 0.160. The molecular weight excluding hydrogens is 392 g/mol. The zero-order chi connectivity index (χ0) is 20.6. The van der Waals surface area contributed by atoms with Crippen LogP contribution in [0, 0.1) is 11.3 Å². The number of nitriles is 1. The SMILES string of the molecule is COc1ccccc1OCCN1C(=O)S/C(=C\c2ccccc2OCC#N)C1=O. The largest absolute Gasteiger partial charge is 0.493 e. The summed E-state index contributed by atoms with van der Waals surface area (Å²) in [6, 6.07) is 16.1. The third-order valence-corrected chi connectivity index (χ3v) is 4.92. The predicted molar refractivity (Wildman–Crippen MR) is 109 cm³/mol. The van der Waals surface area contributed by atoms with E-state index in [9.17, 15) is 9.59 Å². The molecule has 0 radical (unpaired) electrons. The second-order valence-electron chi connectivity index (χ2n) is 5.82. The van der Waals surface area contributed by atoms with Crippen LogP contribution in [-0.2, 0) is 4.79 Å². The van der Waals surface area contributed by atoms with Crippen LogP contribution in [-0.4, -0.2) is 42.9 Å². The molecular formula is C21H18N2O5S. The molecule has 3 rings (SSSR count). The highest BCUT2D eigenvalue weighted by atomic mass is 32.2. The van der Waals surface area contributed by atoms with Gasteiger partial charge in [0.2, 0.25) is 0 Å². The fourth-order valence-corrected chi connectivity index (χ4v) is 3.52. The van der Waals surface area contributed by atoms with Crippen molar-refractivity contribution in [3.8, 4) is 23.3 Å². The van der Waals surface area contributed by atoms with E-state index in [2.05, 4.69) is 0 Å². The topological polar surface area (TPSA) is 88.9 Å². The van der Waals surface area contributed by atoms with Crippen LogP contribution in [0.5, 0.6) is 17.2 Å². The fraction of sp³-hybridized carbons (Fsp3) is 0.190. The molecule has 0 N–H and O–H groups in total. The van der Waals surface area contributed by atoms with Crippen LogP contribution in [0.15, 0.2) is 53.4 Å². The molecule has 1 heterocycles. The van der Waals surface area contributed by atoms with Gasteiger partial charge in [0.25, 0.3) is 11.1 Å². The number of para-hydroxylation sites is 3. The number of rotatable bonds is 8. The van der Waals surface area contributed by atoms with Crippen LogP contribution in [0.3, 0.4) is 0 Å². The number of methoxy groups -OCH3 is 1. The van der Waals surface area contributed by atoms with E-state index >= 15 is 0 Å². The minimum absolute atomic E-state index is 0.105. The van der Waals surface area contributed by atoms with Crippen molar-refractivity contribution >= 4 is 29.0 Å². The average molecular weight is 410 g/mol. The highest BCUT2D eigenvalue weighted by Gasteiger charge is 2.35. The molecule has 1 saturated heterocycles. The van der Waals surface area contributed by atoms with Gasteiger partial charge in [-0.3, -0.25) is 14.5 Å². The van der Waals surface area contributed by atoms with Gasteiger partial charge in [0, 0.05) is 5.56 Å². The summed E-state index contributed by atoms with van der Waals surface area (Å²) in [5.41, 5.74) is 0.624. The van der Waals surface area contributed by atoms with Gasteiger partial charge in [0.1, 0.15) is 18.4 Å². The summed E-state index contributed by atoms with van der Waals surface area (Å²) in [7, 11) is 1.54. The fourth-order valence-electron chi connectivity index (χ4n) is 2.66. The molecule has 7 nitrogen and oxygen atoms in total. The Morgan fingerprint density at radius 1 is 1.03 bits per heavy atom. The maximum atomic E-state index is 12.7. The summed E-state index contributed by atoms with van der Waals surface area (Å²) in [6.07, 6.45) is 1.60. The number of imide groups is 1. The van der Waals surface area contributed by atoms with Gasteiger partial charge in [-0.05, 0) is 36.0 Å². The van der Waals surface area contributed by atoms with Crippen LogP contribution in [0.1, 0.15) is 5.56 Å². The third kappa shape index (κ3) is 4.89. The van der Waals surface area contributed by atoms with Gasteiger partial charge in [-0.1, -0.05) is 30.3 Å². The van der Waals surface area contributed by atoms with Gasteiger partial charge in [-0.15, -0.1) is 0 Å². The first-order valence-electron chi connectivity index (χ1n) is 8.74. The number of carbonyl (C=O) groups excluding carboxylic acids is 2. The van der Waals surface area contributed by atoms with Crippen molar-refractivity contribution in [1.29, 1.82) is 5.26 Å². The average Bonchev–Trinajstić information content (AvgIpc) is 3.00. The van der Waals surface area contributed by atoms with Crippen LogP contribution in [0.25, 0.3) is 6.08 Å². The lowest BCUT2D eigenvalue weighted by Gasteiger charge is -2.14. The number of ether oxygens (including phenoxy) is 3. The Kier molecular flexibility index (Phi) is 6.76. The number of amides is 2. The smallest absolute Gasteiger partial charge is 0.293 e. The summed E-state index contributed by atoms with van der Waals surface area (Å²) in [5.74, 6) is 1.20. The number of thioether (sulfide) groups is 1. The molecule has 0 unspecified atom stereocenters. The first-order valence-corrected chi connectivity index (χ1v) is 9.55. The van der Waals surface area contributed by atoms with Gasteiger partial charge >= 0.3 is 0 Å². The van der Waals surface area contributed by atoms with Crippen molar-refractivity contribution in [3.63, 3.8) is 0 Å². The molecule has 2 amide bonds. The molecule has 1 aliphatic heterocycles. The first-order chi connectivity index (χ1) is 14.1. The number of nitrogens with zero attached hydrogens (tertiary/aromatic N) is 2. The number of hydrogen-bond donors (Lipinski definition) is 0. The molecule has 0 bridgehead atoms. The summed E-state index contributed by atoms with van der Waals surface area (Å²) in [5, 5.41) is 8.33. The molecule has 0 spiro atoms. The number of benzene rings is 2. The van der Waals surface area contributed by atoms with Crippen LogP contribution in [0.2, 0.25) is 0 Å². The highest BCUT2D eigenvalue weighted by molar-refractivity contribution is 8.18. The molecule has 0 aliphatic carbocycles. The van der Waals surface area contributed by atoms with Crippen molar-refractivity contribution < 1.29 is 23.8 Å². The second kappa shape index (κ2) is 9.66. The molecule has 2 aromatic carbocycles. The maximum Gasteiger partial charge on any atom is 0.293 e. The normalized spacial score (nSPS) is 14.8. The molecule has 8 heteroatoms. The van der Waals surface area contributed by atoms with Crippen molar-refractivity contribution in [2.75, 3.05) is 26.9 Å². The molecule has 29 heavy (non-hydrogen) atoms. The zero-order valence-electron chi connectivity index (χ0n) is 15.7. The number of carbonyl (C=O) groups is 2. The van der Waals surface area contributed by atoms with E-state index in [4.69, 9.17) is 19.5 Å². The molecule has 2 aromatic rings. The Morgan fingerprint density at radius 3 is 2.45 bits per heavy atom. The maximum absolute atomic E-state index is 12.7. The monoisotopic (exact) mass is 410 g/mol. The van der Waals surface area contributed by atoms with Crippen molar-refractivity contribution in [2.45, 2.75) is 0 Å². The Morgan fingerprint density at radius 2 is 1.72 bits per heavy atom. The quantitative estimate of drug-likeness (QED) is 0.613. The Labute approximate surface area is 172 Å². The van der Waals surface area contributed by atoms with Crippen molar-refractivity contribution in [3.05, 3.63) is 59.0 Å². The van der Waals surface area contributed by atoms with E-state index in [1.54, 1.807) is 49.6 Å².